The molecule has 0 spiro atoms. The molecule has 1 aromatic carbocycles. The Hall–Kier alpha value is -2.25. The lowest BCUT2D eigenvalue weighted by Crippen LogP contribution is -2.35. The van der Waals surface area contributed by atoms with Crippen LogP contribution in [-0.4, -0.2) is 38.7 Å². The van der Waals surface area contributed by atoms with E-state index in [1.807, 2.05) is 24.5 Å². The van der Waals surface area contributed by atoms with Gasteiger partial charge in [0.2, 0.25) is 5.95 Å². The lowest BCUT2D eigenvalue weighted by atomic mass is 10.1. The third-order valence-corrected chi connectivity index (χ3v) is 5.16. The van der Waals surface area contributed by atoms with Crippen molar-refractivity contribution in [2.24, 2.45) is 0 Å². The van der Waals surface area contributed by atoms with E-state index in [-0.39, 0.29) is 11.9 Å². The summed E-state index contributed by atoms with van der Waals surface area (Å²) in [6, 6.07) is 3.81. The number of hydrogen-bond acceptors (Lipinski definition) is 5. The molecule has 0 atom stereocenters. The number of nitrogens with one attached hydrogen (secondary N) is 2. The van der Waals surface area contributed by atoms with Gasteiger partial charge in [-0.1, -0.05) is 11.6 Å². The van der Waals surface area contributed by atoms with Crippen LogP contribution in [0.15, 0.2) is 24.7 Å². The largest absolute Gasteiger partial charge is 0.351 e. The molecular formula is C19H22ClFN6. The summed E-state index contributed by atoms with van der Waals surface area (Å²) in [5, 5.41) is 7.08. The van der Waals surface area contributed by atoms with Gasteiger partial charge in [-0.3, -0.25) is 0 Å². The zero-order valence-electron chi connectivity index (χ0n) is 15.3. The number of hydrogen-bond donors (Lipinski definition) is 2. The van der Waals surface area contributed by atoms with Crippen LogP contribution in [0, 0.1) is 5.82 Å². The molecule has 6 nitrogen and oxygen atoms in total. The van der Waals surface area contributed by atoms with Gasteiger partial charge in [0.05, 0.1) is 28.8 Å². The van der Waals surface area contributed by atoms with Crippen LogP contribution in [0.25, 0.3) is 22.3 Å². The van der Waals surface area contributed by atoms with Crippen LogP contribution in [0.2, 0.25) is 5.02 Å². The van der Waals surface area contributed by atoms with Gasteiger partial charge in [-0.2, -0.15) is 0 Å². The van der Waals surface area contributed by atoms with E-state index >= 15 is 0 Å². The van der Waals surface area contributed by atoms with E-state index in [1.54, 1.807) is 12.5 Å². The first-order valence-electron chi connectivity index (χ1n) is 9.19. The normalized spacial score (nSPS) is 15.6. The van der Waals surface area contributed by atoms with Gasteiger partial charge in [0.25, 0.3) is 0 Å². The highest BCUT2D eigenvalue weighted by Crippen LogP contribution is 2.31. The molecule has 0 saturated carbocycles. The van der Waals surface area contributed by atoms with Crippen molar-refractivity contribution in [3.8, 4) is 11.3 Å². The fourth-order valence-electron chi connectivity index (χ4n) is 3.43. The van der Waals surface area contributed by atoms with Crippen molar-refractivity contribution in [3.05, 3.63) is 35.5 Å². The predicted octanol–water partition coefficient (Wildman–Crippen LogP) is 4.03. The van der Waals surface area contributed by atoms with Gasteiger partial charge in [-0.05, 0) is 51.9 Å². The summed E-state index contributed by atoms with van der Waals surface area (Å²) in [6.45, 7) is 6.01. The first-order valence-corrected chi connectivity index (χ1v) is 9.57. The minimum atomic E-state index is -0.385. The summed E-state index contributed by atoms with van der Waals surface area (Å²) >= 11 is 6.35. The third-order valence-electron chi connectivity index (χ3n) is 4.88. The molecule has 1 aliphatic rings. The number of piperidine rings is 1. The van der Waals surface area contributed by atoms with Crippen molar-refractivity contribution in [2.75, 3.05) is 18.4 Å². The lowest BCUT2D eigenvalue weighted by Gasteiger charge is -2.23. The number of halogens is 2. The highest BCUT2D eigenvalue weighted by Gasteiger charge is 2.18. The fourth-order valence-corrected chi connectivity index (χ4v) is 3.63. The van der Waals surface area contributed by atoms with Crippen molar-refractivity contribution in [2.45, 2.75) is 38.8 Å². The molecular weight excluding hydrogens is 367 g/mol. The molecule has 3 aromatic rings. The maximum absolute atomic E-state index is 14.6. The number of imidazole rings is 1. The standard InChI is InChI=1S/C19H22ClFN6/c1-11(2)27-10-24-18-15(21)7-12(8-16(18)27)17-14(20)9-23-19(26-17)25-13-3-5-22-6-4-13/h7-11,13,22H,3-6H2,1-2H3,(H,23,25,26). The summed E-state index contributed by atoms with van der Waals surface area (Å²) in [7, 11) is 0. The Morgan fingerprint density at radius 2 is 2.04 bits per heavy atom. The van der Waals surface area contributed by atoms with Crippen molar-refractivity contribution in [1.82, 2.24) is 24.8 Å². The van der Waals surface area contributed by atoms with Crippen LogP contribution in [0.4, 0.5) is 10.3 Å². The topological polar surface area (TPSA) is 67.7 Å². The molecule has 8 heteroatoms. The van der Waals surface area contributed by atoms with Gasteiger partial charge in [0, 0.05) is 17.6 Å². The Balaban J connectivity index is 1.73. The summed E-state index contributed by atoms with van der Waals surface area (Å²) in [5.74, 6) is 0.128. The molecule has 0 bridgehead atoms. The van der Waals surface area contributed by atoms with Crippen LogP contribution in [-0.2, 0) is 0 Å². The second kappa shape index (κ2) is 7.40. The molecule has 142 valence electrons. The quantitative estimate of drug-likeness (QED) is 0.706. The molecule has 1 aliphatic heterocycles. The average Bonchev–Trinajstić information content (AvgIpc) is 3.09. The van der Waals surface area contributed by atoms with E-state index in [1.165, 1.54) is 6.07 Å². The number of rotatable bonds is 4. The van der Waals surface area contributed by atoms with Gasteiger partial charge in [-0.25, -0.2) is 19.3 Å². The molecule has 1 saturated heterocycles. The number of nitrogens with zero attached hydrogens (tertiary/aromatic N) is 4. The van der Waals surface area contributed by atoms with E-state index in [9.17, 15) is 4.39 Å². The van der Waals surface area contributed by atoms with Crippen molar-refractivity contribution >= 4 is 28.6 Å². The minimum Gasteiger partial charge on any atom is -0.351 e. The molecule has 0 radical (unpaired) electrons. The van der Waals surface area contributed by atoms with E-state index in [2.05, 4.69) is 25.6 Å². The van der Waals surface area contributed by atoms with Crippen LogP contribution in [0.5, 0.6) is 0 Å². The maximum Gasteiger partial charge on any atom is 0.223 e. The van der Waals surface area contributed by atoms with Crippen LogP contribution >= 0.6 is 11.6 Å². The molecule has 3 heterocycles. The first-order chi connectivity index (χ1) is 13.0. The Morgan fingerprint density at radius 1 is 1.26 bits per heavy atom. The number of aromatic nitrogens is 4. The van der Waals surface area contributed by atoms with Gasteiger partial charge in [0.15, 0.2) is 5.82 Å². The van der Waals surface area contributed by atoms with Crippen molar-refractivity contribution < 1.29 is 4.39 Å². The van der Waals surface area contributed by atoms with Crippen LogP contribution in [0.3, 0.4) is 0 Å². The zero-order chi connectivity index (χ0) is 19.0. The maximum atomic E-state index is 14.6. The molecule has 1 fully saturated rings. The van der Waals surface area contributed by atoms with Gasteiger partial charge in [0.1, 0.15) is 5.52 Å². The molecule has 0 aliphatic carbocycles. The van der Waals surface area contributed by atoms with Crippen LogP contribution < -0.4 is 10.6 Å². The highest BCUT2D eigenvalue weighted by molar-refractivity contribution is 6.33. The Kier molecular flexibility index (Phi) is 4.97. The molecule has 0 unspecified atom stereocenters. The van der Waals surface area contributed by atoms with Crippen molar-refractivity contribution in [1.29, 1.82) is 0 Å². The SMILES string of the molecule is CC(C)n1cnc2c(F)cc(-c3nc(NC4CCNCC4)ncc3Cl)cc21. The monoisotopic (exact) mass is 388 g/mol. The minimum absolute atomic E-state index is 0.169. The molecule has 4 rings (SSSR count). The Morgan fingerprint density at radius 3 is 2.78 bits per heavy atom. The Labute approximate surface area is 162 Å². The summed E-state index contributed by atoms with van der Waals surface area (Å²) < 4.78 is 16.6. The lowest BCUT2D eigenvalue weighted by molar-refractivity contribution is 0.477. The van der Waals surface area contributed by atoms with Crippen molar-refractivity contribution in [3.63, 3.8) is 0 Å². The smallest absolute Gasteiger partial charge is 0.223 e. The summed E-state index contributed by atoms with van der Waals surface area (Å²) in [6.07, 6.45) is 5.24. The van der Waals surface area contributed by atoms with Gasteiger partial charge < -0.3 is 15.2 Å². The second-order valence-corrected chi connectivity index (χ2v) is 7.54. The summed E-state index contributed by atoms with van der Waals surface area (Å²) in [5.41, 5.74) is 2.21. The molecule has 27 heavy (non-hydrogen) atoms. The average molecular weight is 389 g/mol. The summed E-state index contributed by atoms with van der Waals surface area (Å²) in [4.78, 5) is 13.1. The molecule has 0 amide bonds. The highest BCUT2D eigenvalue weighted by atomic mass is 35.5. The Bertz CT molecular complexity index is 964. The van der Waals surface area contributed by atoms with Gasteiger partial charge >= 0.3 is 0 Å². The van der Waals surface area contributed by atoms with E-state index in [0.29, 0.717) is 33.8 Å². The zero-order valence-corrected chi connectivity index (χ0v) is 16.1. The third kappa shape index (κ3) is 3.61. The van der Waals surface area contributed by atoms with E-state index in [4.69, 9.17) is 11.6 Å². The predicted molar refractivity (Wildman–Crippen MR) is 106 cm³/mol. The number of fused-ring (bicyclic) bond motifs is 1. The fraction of sp³-hybridized carbons (Fsp3) is 0.421. The number of benzene rings is 1. The second-order valence-electron chi connectivity index (χ2n) is 7.13. The van der Waals surface area contributed by atoms with E-state index in [0.717, 1.165) is 31.4 Å². The number of anilines is 1. The first kappa shape index (κ1) is 18.1. The molecule has 2 N–H and O–H groups in total. The van der Waals surface area contributed by atoms with E-state index < -0.39 is 0 Å². The molecule has 2 aromatic heterocycles. The van der Waals surface area contributed by atoms with Crippen LogP contribution in [0.1, 0.15) is 32.7 Å². The van der Waals surface area contributed by atoms with Gasteiger partial charge in [-0.15, -0.1) is 0 Å².